The summed E-state index contributed by atoms with van der Waals surface area (Å²) >= 11 is 0. The lowest BCUT2D eigenvalue weighted by atomic mass is 9.96. The van der Waals surface area contributed by atoms with E-state index in [2.05, 4.69) is 19.8 Å². The first kappa shape index (κ1) is 23.4. The van der Waals surface area contributed by atoms with Gasteiger partial charge in [-0.2, -0.15) is 0 Å². The number of nitrogens with zero attached hydrogens (tertiary/aromatic N) is 3. The lowest BCUT2D eigenvalue weighted by Gasteiger charge is -2.15. The molecule has 0 bridgehead atoms. The minimum atomic E-state index is -3.87. The summed E-state index contributed by atoms with van der Waals surface area (Å²) < 4.78 is 52.1. The maximum Gasteiger partial charge on any atom is 0.263 e. The molecule has 36 heavy (non-hydrogen) atoms. The van der Waals surface area contributed by atoms with Crippen LogP contribution in [0.4, 0.5) is 10.2 Å². The number of aromatic nitrogens is 3. The van der Waals surface area contributed by atoms with E-state index >= 15 is 0 Å². The number of pyridine rings is 2. The molecular weight excluding hydrogens is 483 g/mol. The van der Waals surface area contributed by atoms with Gasteiger partial charge in [0.25, 0.3) is 10.0 Å². The van der Waals surface area contributed by atoms with E-state index in [1.54, 1.807) is 44.5 Å². The van der Waals surface area contributed by atoms with Crippen molar-refractivity contribution in [2.24, 2.45) is 0 Å². The topological polar surface area (TPSA) is 107 Å². The Morgan fingerprint density at radius 2 is 1.83 bits per heavy atom. The minimum absolute atomic E-state index is 0.0754. The molecule has 3 aromatic heterocycles. The first-order valence-corrected chi connectivity index (χ1v) is 12.4. The highest BCUT2D eigenvalue weighted by atomic mass is 32.2. The number of methoxy groups -OCH3 is 1. The second-order valence-electron chi connectivity index (χ2n) is 8.16. The highest BCUT2D eigenvalue weighted by Crippen LogP contribution is 2.38. The van der Waals surface area contributed by atoms with Gasteiger partial charge >= 0.3 is 0 Å². The Bertz CT molecular complexity index is 1700. The number of halogens is 1. The van der Waals surface area contributed by atoms with Crippen LogP contribution in [0.1, 0.15) is 11.3 Å². The molecule has 0 aliphatic rings. The van der Waals surface area contributed by atoms with Crippen molar-refractivity contribution in [3.05, 3.63) is 84.1 Å². The molecule has 0 saturated heterocycles. The first-order valence-electron chi connectivity index (χ1n) is 10.9. The normalized spacial score (nSPS) is 11.6. The van der Waals surface area contributed by atoms with E-state index in [0.717, 1.165) is 22.1 Å². The lowest BCUT2D eigenvalue weighted by Crippen LogP contribution is -2.13. The van der Waals surface area contributed by atoms with E-state index in [1.807, 2.05) is 19.1 Å². The Hall–Kier alpha value is -4.31. The molecule has 0 aliphatic heterocycles. The summed E-state index contributed by atoms with van der Waals surface area (Å²) in [5, 5.41) is 5.03. The Labute approximate surface area is 206 Å². The SMILES string of the molecule is COc1cc(-c2ccc(F)c(C)n2)c(C)cc1-c1nccc2cc(S(=O)(=O)Nc3ccon3)ccc12. The number of hydrogen-bond donors (Lipinski definition) is 1. The number of hydrogen-bond acceptors (Lipinski definition) is 7. The maximum absolute atomic E-state index is 13.7. The molecule has 0 aliphatic carbocycles. The average Bonchev–Trinajstić information content (AvgIpc) is 3.37. The van der Waals surface area contributed by atoms with E-state index < -0.39 is 10.0 Å². The average molecular weight is 505 g/mol. The number of aryl methyl sites for hydroxylation is 2. The number of anilines is 1. The fourth-order valence-corrected chi connectivity index (χ4v) is 5.04. The van der Waals surface area contributed by atoms with Gasteiger partial charge in [-0.15, -0.1) is 0 Å². The fourth-order valence-electron chi connectivity index (χ4n) is 4.01. The number of rotatable bonds is 6. The second-order valence-corrected chi connectivity index (χ2v) is 9.85. The van der Waals surface area contributed by atoms with Crippen molar-refractivity contribution in [2.45, 2.75) is 18.7 Å². The van der Waals surface area contributed by atoms with Crippen molar-refractivity contribution >= 4 is 26.6 Å². The maximum atomic E-state index is 13.7. The molecule has 1 N–H and O–H groups in total. The van der Waals surface area contributed by atoms with Gasteiger partial charge in [-0.1, -0.05) is 11.2 Å². The standard InChI is InChI=1S/C26H21FN4O4S/c1-15-12-21(24(34-3)14-20(15)23-7-6-22(27)16(2)29-23)26-19-5-4-18(13-17(19)8-10-28-26)36(32,33)31-25-9-11-35-30-25/h4-14H,1-3H3,(H,30,31). The molecule has 5 rings (SSSR count). The van der Waals surface area contributed by atoms with Crippen LogP contribution in [-0.2, 0) is 10.0 Å². The van der Waals surface area contributed by atoms with Gasteiger partial charge < -0.3 is 9.26 Å². The third-order valence-electron chi connectivity index (χ3n) is 5.82. The fraction of sp³-hybridized carbons (Fsp3) is 0.115. The number of benzene rings is 2. The predicted molar refractivity (Wildman–Crippen MR) is 134 cm³/mol. The van der Waals surface area contributed by atoms with Crippen LogP contribution in [0.25, 0.3) is 33.3 Å². The molecule has 0 fully saturated rings. The van der Waals surface area contributed by atoms with E-state index in [4.69, 9.17) is 9.26 Å². The summed E-state index contributed by atoms with van der Waals surface area (Å²) in [6.07, 6.45) is 2.90. The third-order valence-corrected chi connectivity index (χ3v) is 7.17. The molecule has 0 saturated carbocycles. The van der Waals surface area contributed by atoms with E-state index in [1.165, 1.54) is 24.5 Å². The second kappa shape index (κ2) is 9.04. The molecule has 0 atom stereocenters. The number of nitrogens with one attached hydrogen (secondary N) is 1. The van der Waals surface area contributed by atoms with Gasteiger partial charge in [-0.3, -0.25) is 14.7 Å². The molecule has 0 spiro atoms. The highest BCUT2D eigenvalue weighted by Gasteiger charge is 2.19. The van der Waals surface area contributed by atoms with Crippen LogP contribution >= 0.6 is 0 Å². The Morgan fingerprint density at radius 1 is 1.00 bits per heavy atom. The summed E-state index contributed by atoms with van der Waals surface area (Å²) in [6.45, 7) is 3.56. The zero-order valence-electron chi connectivity index (χ0n) is 19.6. The molecule has 3 heterocycles. The van der Waals surface area contributed by atoms with Gasteiger partial charge in [0, 0.05) is 28.8 Å². The zero-order chi connectivity index (χ0) is 25.4. The van der Waals surface area contributed by atoms with Crippen molar-refractivity contribution in [1.29, 1.82) is 0 Å². The van der Waals surface area contributed by atoms with Crippen molar-refractivity contribution in [3.8, 4) is 28.3 Å². The van der Waals surface area contributed by atoms with Crippen LogP contribution in [0.15, 0.2) is 76.5 Å². The summed E-state index contributed by atoms with van der Waals surface area (Å²) in [6, 6.07) is 14.8. The van der Waals surface area contributed by atoms with Crippen molar-refractivity contribution < 1.29 is 22.1 Å². The largest absolute Gasteiger partial charge is 0.496 e. The summed E-state index contributed by atoms with van der Waals surface area (Å²) in [5.74, 6) is 0.290. The van der Waals surface area contributed by atoms with Crippen LogP contribution in [-0.4, -0.2) is 30.7 Å². The van der Waals surface area contributed by atoms with E-state index in [0.29, 0.717) is 28.2 Å². The van der Waals surface area contributed by atoms with Gasteiger partial charge in [0.05, 0.1) is 29.1 Å². The predicted octanol–water partition coefficient (Wildman–Crippen LogP) is 5.52. The molecular formula is C26H21FN4O4S. The molecule has 0 unspecified atom stereocenters. The Kier molecular flexibility index (Phi) is 5.89. The minimum Gasteiger partial charge on any atom is -0.496 e. The van der Waals surface area contributed by atoms with Crippen LogP contribution in [0.2, 0.25) is 0 Å². The molecule has 0 amide bonds. The van der Waals surface area contributed by atoms with Gasteiger partial charge in [-0.05, 0) is 67.3 Å². The summed E-state index contributed by atoms with van der Waals surface area (Å²) in [5.41, 5.74) is 4.03. The lowest BCUT2D eigenvalue weighted by molar-refractivity contribution is 0.416. The van der Waals surface area contributed by atoms with E-state index in [9.17, 15) is 12.8 Å². The smallest absolute Gasteiger partial charge is 0.263 e. The molecule has 10 heteroatoms. The summed E-state index contributed by atoms with van der Waals surface area (Å²) in [4.78, 5) is 9.02. The van der Waals surface area contributed by atoms with Crippen molar-refractivity contribution in [1.82, 2.24) is 15.1 Å². The Morgan fingerprint density at radius 3 is 2.56 bits per heavy atom. The van der Waals surface area contributed by atoms with E-state index in [-0.39, 0.29) is 16.5 Å². The van der Waals surface area contributed by atoms with Crippen LogP contribution in [0, 0.1) is 19.7 Å². The van der Waals surface area contributed by atoms with Gasteiger partial charge in [-0.25, -0.2) is 12.8 Å². The van der Waals surface area contributed by atoms with Crippen molar-refractivity contribution in [2.75, 3.05) is 11.8 Å². The third kappa shape index (κ3) is 4.27. The van der Waals surface area contributed by atoms with Gasteiger partial charge in [0.15, 0.2) is 5.82 Å². The Balaban J connectivity index is 1.60. The van der Waals surface area contributed by atoms with Crippen LogP contribution < -0.4 is 9.46 Å². The molecule has 2 aromatic carbocycles. The van der Waals surface area contributed by atoms with Crippen LogP contribution in [0.3, 0.4) is 0 Å². The molecule has 5 aromatic rings. The molecule has 182 valence electrons. The van der Waals surface area contributed by atoms with Crippen LogP contribution in [0.5, 0.6) is 5.75 Å². The van der Waals surface area contributed by atoms with Crippen molar-refractivity contribution in [3.63, 3.8) is 0 Å². The monoisotopic (exact) mass is 504 g/mol. The van der Waals surface area contributed by atoms with Gasteiger partial charge in [0.1, 0.15) is 17.8 Å². The molecule has 8 nitrogen and oxygen atoms in total. The zero-order valence-corrected chi connectivity index (χ0v) is 20.4. The summed E-state index contributed by atoms with van der Waals surface area (Å²) in [7, 11) is -2.30. The number of sulfonamides is 1. The first-order chi connectivity index (χ1) is 17.3. The highest BCUT2D eigenvalue weighted by molar-refractivity contribution is 7.92. The molecule has 0 radical (unpaired) electrons. The quantitative estimate of drug-likeness (QED) is 0.325. The van der Waals surface area contributed by atoms with Gasteiger partial charge in [0.2, 0.25) is 0 Å². The number of fused-ring (bicyclic) bond motifs is 1. The number of ether oxygens (including phenoxy) is 1.